The topological polar surface area (TPSA) is 69.6 Å². The van der Waals surface area contributed by atoms with E-state index in [4.69, 9.17) is 5.11 Å². The quantitative estimate of drug-likeness (QED) is 0.732. The van der Waals surface area contributed by atoms with Gasteiger partial charge in [0.15, 0.2) is 0 Å². The van der Waals surface area contributed by atoms with Gasteiger partial charge in [0.05, 0.1) is 0 Å². The zero-order chi connectivity index (χ0) is 13.7. The summed E-state index contributed by atoms with van der Waals surface area (Å²) in [5.41, 5.74) is 0. The molecule has 1 aliphatic carbocycles. The van der Waals surface area contributed by atoms with Crippen molar-refractivity contribution in [2.45, 2.75) is 58.5 Å². The van der Waals surface area contributed by atoms with Gasteiger partial charge >= 0.3 is 12.0 Å². The second-order valence-electron chi connectivity index (χ2n) is 5.35. The Morgan fingerprint density at radius 3 is 2.39 bits per heavy atom. The number of carboxylic acids is 1. The van der Waals surface area contributed by atoms with Gasteiger partial charge in [0.25, 0.3) is 0 Å². The Morgan fingerprint density at radius 2 is 2.00 bits per heavy atom. The van der Waals surface area contributed by atoms with Crippen LogP contribution in [-0.2, 0) is 4.79 Å². The number of amides is 2. The molecule has 0 heterocycles. The van der Waals surface area contributed by atoms with Crippen LogP contribution in [0.4, 0.5) is 4.79 Å². The SMILES string of the molecule is CCC(CC1CC1)NC(=O)N(CC(=O)O)C(C)C. The fourth-order valence-electron chi connectivity index (χ4n) is 1.98. The van der Waals surface area contributed by atoms with Crippen molar-refractivity contribution in [3.8, 4) is 0 Å². The second kappa shape index (κ2) is 6.61. The highest BCUT2D eigenvalue weighted by atomic mass is 16.4. The van der Waals surface area contributed by atoms with Gasteiger partial charge in [-0.2, -0.15) is 0 Å². The van der Waals surface area contributed by atoms with E-state index in [-0.39, 0.29) is 24.7 Å². The van der Waals surface area contributed by atoms with E-state index in [0.717, 1.165) is 18.8 Å². The third-order valence-electron chi connectivity index (χ3n) is 3.32. The maximum Gasteiger partial charge on any atom is 0.323 e. The van der Waals surface area contributed by atoms with Crippen molar-refractivity contribution < 1.29 is 14.7 Å². The highest BCUT2D eigenvalue weighted by Gasteiger charge is 2.27. The van der Waals surface area contributed by atoms with Crippen LogP contribution in [-0.4, -0.2) is 40.6 Å². The summed E-state index contributed by atoms with van der Waals surface area (Å²) < 4.78 is 0. The summed E-state index contributed by atoms with van der Waals surface area (Å²) in [7, 11) is 0. The zero-order valence-corrected chi connectivity index (χ0v) is 11.5. The van der Waals surface area contributed by atoms with Crippen molar-refractivity contribution in [3.63, 3.8) is 0 Å². The van der Waals surface area contributed by atoms with Gasteiger partial charge in [-0.05, 0) is 32.6 Å². The van der Waals surface area contributed by atoms with Gasteiger partial charge in [0, 0.05) is 12.1 Å². The summed E-state index contributed by atoms with van der Waals surface area (Å²) >= 11 is 0. The molecule has 0 aromatic carbocycles. The Balaban J connectivity index is 2.49. The molecule has 18 heavy (non-hydrogen) atoms. The van der Waals surface area contributed by atoms with Crippen molar-refractivity contribution >= 4 is 12.0 Å². The summed E-state index contributed by atoms with van der Waals surface area (Å²) in [6, 6.07) is -0.209. The number of carboxylic acid groups (broad SMARTS) is 1. The molecule has 1 atom stereocenters. The number of carbonyl (C=O) groups is 2. The lowest BCUT2D eigenvalue weighted by Gasteiger charge is -2.28. The predicted molar refractivity (Wildman–Crippen MR) is 69.4 cm³/mol. The summed E-state index contributed by atoms with van der Waals surface area (Å²) in [6.07, 6.45) is 4.42. The van der Waals surface area contributed by atoms with Gasteiger partial charge in [-0.1, -0.05) is 19.8 Å². The van der Waals surface area contributed by atoms with E-state index >= 15 is 0 Å². The minimum Gasteiger partial charge on any atom is -0.480 e. The maximum atomic E-state index is 12.0. The van der Waals surface area contributed by atoms with Crippen LogP contribution in [0.3, 0.4) is 0 Å². The molecule has 0 radical (unpaired) electrons. The first-order valence-corrected chi connectivity index (χ1v) is 6.73. The van der Waals surface area contributed by atoms with Crippen LogP contribution >= 0.6 is 0 Å². The molecule has 0 saturated heterocycles. The minimum atomic E-state index is -0.978. The molecular weight excluding hydrogens is 232 g/mol. The summed E-state index contributed by atoms with van der Waals surface area (Å²) in [6.45, 7) is 5.45. The van der Waals surface area contributed by atoms with Gasteiger partial charge in [-0.15, -0.1) is 0 Å². The van der Waals surface area contributed by atoms with Crippen LogP contribution in [0.2, 0.25) is 0 Å². The molecule has 5 heteroatoms. The van der Waals surface area contributed by atoms with Crippen molar-refractivity contribution in [2.24, 2.45) is 5.92 Å². The van der Waals surface area contributed by atoms with Crippen LogP contribution in [0.15, 0.2) is 0 Å². The lowest BCUT2D eigenvalue weighted by atomic mass is 10.1. The van der Waals surface area contributed by atoms with Crippen molar-refractivity contribution in [3.05, 3.63) is 0 Å². The van der Waals surface area contributed by atoms with Crippen molar-refractivity contribution in [1.29, 1.82) is 0 Å². The molecule has 1 aliphatic rings. The molecule has 0 spiro atoms. The molecule has 1 saturated carbocycles. The summed E-state index contributed by atoms with van der Waals surface area (Å²) in [5, 5.41) is 11.8. The van der Waals surface area contributed by atoms with Gasteiger partial charge in [-0.3, -0.25) is 4.79 Å². The first kappa shape index (κ1) is 14.8. The minimum absolute atomic E-state index is 0.112. The molecule has 1 fully saturated rings. The highest BCUT2D eigenvalue weighted by Crippen LogP contribution is 2.34. The predicted octanol–water partition coefficient (Wildman–Crippen LogP) is 2.07. The first-order valence-electron chi connectivity index (χ1n) is 6.73. The second-order valence-corrected chi connectivity index (χ2v) is 5.35. The third-order valence-corrected chi connectivity index (χ3v) is 3.32. The summed E-state index contributed by atoms with van der Waals surface area (Å²) in [5.74, 6) is -0.226. The number of nitrogens with zero attached hydrogens (tertiary/aromatic N) is 1. The van der Waals surface area contributed by atoms with Crippen LogP contribution < -0.4 is 5.32 Å². The maximum absolute atomic E-state index is 12.0. The standard InChI is InChI=1S/C13H24N2O3/c1-4-11(7-10-5-6-10)14-13(18)15(9(2)3)8-12(16)17/h9-11H,4-8H2,1-3H3,(H,14,18)(H,16,17). The van der Waals surface area contributed by atoms with E-state index in [9.17, 15) is 9.59 Å². The van der Waals surface area contributed by atoms with E-state index in [1.54, 1.807) is 0 Å². The molecule has 0 aliphatic heterocycles. The monoisotopic (exact) mass is 256 g/mol. The van der Waals surface area contributed by atoms with Crippen molar-refractivity contribution in [1.82, 2.24) is 10.2 Å². The molecule has 2 N–H and O–H groups in total. The van der Waals surface area contributed by atoms with E-state index < -0.39 is 5.97 Å². The number of hydrogen-bond acceptors (Lipinski definition) is 2. The van der Waals surface area contributed by atoms with E-state index in [0.29, 0.717) is 0 Å². The van der Waals surface area contributed by atoms with Crippen molar-refractivity contribution in [2.75, 3.05) is 6.54 Å². The molecule has 0 aromatic heterocycles. The van der Waals surface area contributed by atoms with E-state index in [2.05, 4.69) is 5.32 Å². The molecular formula is C13H24N2O3. The van der Waals surface area contributed by atoms with E-state index in [1.165, 1.54) is 17.7 Å². The normalized spacial score (nSPS) is 16.4. The molecule has 0 bridgehead atoms. The Hall–Kier alpha value is -1.26. The molecule has 0 aromatic rings. The molecule has 1 unspecified atom stereocenters. The largest absolute Gasteiger partial charge is 0.480 e. The molecule has 1 rings (SSSR count). The van der Waals surface area contributed by atoms with Gasteiger partial charge in [0.2, 0.25) is 0 Å². The fourth-order valence-corrected chi connectivity index (χ4v) is 1.98. The Labute approximate surface area is 109 Å². The average molecular weight is 256 g/mol. The number of aliphatic carboxylic acids is 1. The number of rotatable bonds is 7. The number of nitrogens with one attached hydrogen (secondary N) is 1. The Kier molecular flexibility index (Phi) is 5.44. The van der Waals surface area contributed by atoms with Gasteiger partial charge in [0.1, 0.15) is 6.54 Å². The number of hydrogen-bond donors (Lipinski definition) is 2. The van der Waals surface area contributed by atoms with Crippen LogP contribution in [0.1, 0.15) is 46.5 Å². The lowest BCUT2D eigenvalue weighted by Crippen LogP contribution is -2.49. The molecule has 5 nitrogen and oxygen atoms in total. The number of urea groups is 1. The van der Waals surface area contributed by atoms with Gasteiger partial charge in [-0.25, -0.2) is 4.79 Å². The van der Waals surface area contributed by atoms with E-state index in [1.807, 2.05) is 20.8 Å². The zero-order valence-electron chi connectivity index (χ0n) is 11.5. The molecule has 2 amide bonds. The number of carbonyl (C=O) groups excluding carboxylic acids is 1. The Bertz CT molecular complexity index is 301. The van der Waals surface area contributed by atoms with Crippen LogP contribution in [0.5, 0.6) is 0 Å². The average Bonchev–Trinajstić information content (AvgIpc) is 3.07. The van der Waals surface area contributed by atoms with Gasteiger partial charge < -0.3 is 15.3 Å². The Morgan fingerprint density at radius 1 is 1.39 bits per heavy atom. The fraction of sp³-hybridized carbons (Fsp3) is 0.846. The van der Waals surface area contributed by atoms with Crippen LogP contribution in [0.25, 0.3) is 0 Å². The lowest BCUT2D eigenvalue weighted by molar-refractivity contribution is -0.138. The van der Waals surface area contributed by atoms with Crippen LogP contribution in [0, 0.1) is 5.92 Å². The molecule has 104 valence electrons. The summed E-state index contributed by atoms with van der Waals surface area (Å²) in [4.78, 5) is 24.1. The smallest absolute Gasteiger partial charge is 0.323 e. The first-order chi connectivity index (χ1) is 8.43. The highest BCUT2D eigenvalue weighted by molar-refractivity contribution is 5.80. The third kappa shape index (κ3) is 4.94.